The van der Waals surface area contributed by atoms with E-state index < -0.39 is 28.1 Å². The Morgan fingerprint density at radius 3 is 2.65 bits per heavy atom. The highest BCUT2D eigenvalue weighted by Crippen LogP contribution is 2.27. The Morgan fingerprint density at radius 1 is 1.14 bits per heavy atom. The molecule has 0 radical (unpaired) electrons. The number of morpholine rings is 1. The number of benzene rings is 1. The zero-order chi connectivity index (χ0) is 26.3. The molecule has 1 aliphatic carbocycles. The highest BCUT2D eigenvalue weighted by Gasteiger charge is 2.33. The van der Waals surface area contributed by atoms with Gasteiger partial charge in [-0.15, -0.1) is 0 Å². The number of nitriles is 1. The lowest BCUT2D eigenvalue weighted by Gasteiger charge is -2.33. The van der Waals surface area contributed by atoms with Crippen molar-refractivity contribution in [1.82, 2.24) is 14.9 Å². The number of amides is 2. The van der Waals surface area contributed by atoms with E-state index in [1.165, 1.54) is 29.1 Å². The van der Waals surface area contributed by atoms with Crippen molar-refractivity contribution in [1.29, 1.82) is 5.26 Å². The third-order valence-electron chi connectivity index (χ3n) is 6.89. The van der Waals surface area contributed by atoms with Gasteiger partial charge in [0.1, 0.15) is 12.1 Å². The molecule has 0 spiro atoms. The second-order valence-electron chi connectivity index (χ2n) is 9.45. The Bertz CT molecular complexity index is 1220. The first-order valence-electron chi connectivity index (χ1n) is 12.6. The third-order valence-corrected chi connectivity index (χ3v) is 8.81. The number of hydrogen-bond donors (Lipinski definition) is 2. The number of ether oxygens (including phenoxy) is 1. The van der Waals surface area contributed by atoms with Gasteiger partial charge in [-0.05, 0) is 36.6 Å². The summed E-state index contributed by atoms with van der Waals surface area (Å²) < 4.78 is 38.6. The molecule has 2 heterocycles. The Hall–Kier alpha value is -3.20. The minimum Gasteiger partial charge on any atom is -0.459 e. The predicted molar refractivity (Wildman–Crippen MR) is 134 cm³/mol. The van der Waals surface area contributed by atoms with Gasteiger partial charge in [0.25, 0.3) is 5.91 Å². The second kappa shape index (κ2) is 12.4. The molecule has 2 aliphatic rings. The van der Waals surface area contributed by atoms with Crippen LogP contribution in [0.4, 0.5) is 0 Å². The summed E-state index contributed by atoms with van der Waals surface area (Å²) >= 11 is 0. The Kier molecular flexibility index (Phi) is 8.97. The lowest BCUT2D eigenvalue weighted by molar-refractivity contribution is -0.124. The summed E-state index contributed by atoms with van der Waals surface area (Å²) in [5.41, 5.74) is 0.0803. The quantitative estimate of drug-likeness (QED) is 0.509. The van der Waals surface area contributed by atoms with Gasteiger partial charge in [-0.2, -0.15) is 9.57 Å². The number of nitrogens with zero attached hydrogens (tertiary/aromatic N) is 2. The van der Waals surface area contributed by atoms with E-state index in [1.54, 1.807) is 24.3 Å². The number of rotatable bonds is 9. The number of sulfonamides is 1. The Labute approximate surface area is 217 Å². The van der Waals surface area contributed by atoms with Gasteiger partial charge in [-0.25, -0.2) is 8.42 Å². The highest BCUT2D eigenvalue weighted by molar-refractivity contribution is 7.89. The first-order valence-corrected chi connectivity index (χ1v) is 14.1. The molecule has 2 aromatic rings. The van der Waals surface area contributed by atoms with Crippen LogP contribution in [0.1, 0.15) is 54.6 Å². The zero-order valence-corrected chi connectivity index (χ0v) is 21.4. The van der Waals surface area contributed by atoms with E-state index in [0.29, 0.717) is 12.3 Å². The van der Waals surface area contributed by atoms with Crippen molar-refractivity contribution >= 4 is 21.8 Å². The molecule has 0 bridgehead atoms. The summed E-state index contributed by atoms with van der Waals surface area (Å²) in [5, 5.41) is 15.0. The van der Waals surface area contributed by atoms with Gasteiger partial charge < -0.3 is 19.8 Å². The van der Waals surface area contributed by atoms with E-state index in [2.05, 4.69) is 10.6 Å². The molecule has 2 fully saturated rings. The Balaban J connectivity index is 1.39. The van der Waals surface area contributed by atoms with Crippen LogP contribution in [0.25, 0.3) is 0 Å². The maximum absolute atomic E-state index is 13.2. The smallest absolute Gasteiger partial charge is 0.287 e. The molecule has 1 unspecified atom stereocenters. The summed E-state index contributed by atoms with van der Waals surface area (Å²) in [6, 6.07) is 10.4. The first-order chi connectivity index (χ1) is 17.9. The van der Waals surface area contributed by atoms with Crippen LogP contribution in [0.2, 0.25) is 0 Å². The average molecular weight is 529 g/mol. The molecule has 10 nitrogen and oxygen atoms in total. The largest absolute Gasteiger partial charge is 0.459 e. The molecule has 4 rings (SSSR count). The van der Waals surface area contributed by atoms with Crippen LogP contribution in [0.3, 0.4) is 0 Å². The fraction of sp³-hybridized carbons (Fsp3) is 0.500. The van der Waals surface area contributed by atoms with Crippen molar-refractivity contribution < 1.29 is 27.2 Å². The summed E-state index contributed by atoms with van der Waals surface area (Å²) in [5.74, 6) is -0.323. The molecule has 1 aromatic heterocycles. The van der Waals surface area contributed by atoms with E-state index in [1.807, 2.05) is 6.07 Å². The molecule has 1 aliphatic heterocycles. The van der Waals surface area contributed by atoms with E-state index in [9.17, 15) is 23.3 Å². The van der Waals surface area contributed by atoms with E-state index in [4.69, 9.17) is 9.15 Å². The monoisotopic (exact) mass is 528 g/mol. The fourth-order valence-electron chi connectivity index (χ4n) is 4.92. The Morgan fingerprint density at radius 2 is 1.92 bits per heavy atom. The molecular weight excluding hydrogens is 496 g/mol. The molecule has 2 amide bonds. The van der Waals surface area contributed by atoms with Crippen molar-refractivity contribution in [3.05, 3.63) is 54.0 Å². The van der Waals surface area contributed by atoms with Gasteiger partial charge in [0.05, 0.1) is 29.4 Å². The van der Waals surface area contributed by atoms with Crippen molar-refractivity contribution in [2.45, 2.75) is 55.6 Å². The summed E-state index contributed by atoms with van der Waals surface area (Å²) in [6.45, 7) is 0.433. The van der Waals surface area contributed by atoms with Crippen molar-refractivity contribution in [2.24, 2.45) is 5.92 Å². The summed E-state index contributed by atoms with van der Waals surface area (Å²) in [6.07, 6.45) is 6.80. The standard InChI is InChI=1S/C26H32N4O6S/c27-16-20-9-4-5-11-24(20)37(33,34)30-12-14-35-21(18-30)17-28-25(31)22(15-19-7-2-1-3-8-19)29-26(32)23-10-6-13-36-23/h4-6,9-11,13,19,21-22H,1-3,7-8,12,14-15,17-18H2,(H,28,31)(H,29,32)/t21?,22-/m0/s1. The van der Waals surface area contributed by atoms with Gasteiger partial charge in [0.2, 0.25) is 15.9 Å². The molecule has 37 heavy (non-hydrogen) atoms. The van der Waals surface area contributed by atoms with Gasteiger partial charge in [0.15, 0.2) is 5.76 Å². The van der Waals surface area contributed by atoms with Crippen LogP contribution in [0.5, 0.6) is 0 Å². The first kappa shape index (κ1) is 26.9. The number of nitrogens with one attached hydrogen (secondary N) is 2. The normalized spacial score (nSPS) is 20.0. The molecule has 11 heteroatoms. The average Bonchev–Trinajstić information content (AvgIpc) is 3.47. The lowest BCUT2D eigenvalue weighted by atomic mass is 9.84. The van der Waals surface area contributed by atoms with Crippen LogP contribution >= 0.6 is 0 Å². The highest BCUT2D eigenvalue weighted by atomic mass is 32.2. The number of carbonyl (C=O) groups excluding carboxylic acids is 2. The molecule has 1 aromatic carbocycles. The third kappa shape index (κ3) is 6.77. The number of carbonyl (C=O) groups is 2. The van der Waals surface area contributed by atoms with Crippen LogP contribution in [-0.2, 0) is 19.6 Å². The van der Waals surface area contributed by atoms with E-state index in [0.717, 1.165) is 25.7 Å². The van der Waals surface area contributed by atoms with Crippen molar-refractivity contribution in [2.75, 3.05) is 26.2 Å². The minimum absolute atomic E-state index is 0.0361. The maximum Gasteiger partial charge on any atom is 0.287 e. The van der Waals surface area contributed by atoms with Crippen molar-refractivity contribution in [3.63, 3.8) is 0 Å². The van der Waals surface area contributed by atoms with Gasteiger partial charge in [-0.3, -0.25) is 9.59 Å². The predicted octanol–water partition coefficient (Wildman–Crippen LogP) is 2.43. The van der Waals surface area contributed by atoms with Crippen LogP contribution in [0.15, 0.2) is 52.0 Å². The number of furan rings is 1. The van der Waals surface area contributed by atoms with E-state index >= 15 is 0 Å². The molecule has 1 saturated carbocycles. The zero-order valence-electron chi connectivity index (χ0n) is 20.6. The molecule has 2 atom stereocenters. The van der Waals surface area contributed by atoms with E-state index in [-0.39, 0.29) is 48.4 Å². The lowest BCUT2D eigenvalue weighted by Crippen LogP contribution is -2.53. The van der Waals surface area contributed by atoms with Crippen LogP contribution in [-0.4, -0.2) is 62.9 Å². The minimum atomic E-state index is -3.90. The van der Waals surface area contributed by atoms with Gasteiger partial charge in [-0.1, -0.05) is 44.2 Å². The molecule has 2 N–H and O–H groups in total. The van der Waals surface area contributed by atoms with Gasteiger partial charge in [0, 0.05) is 19.6 Å². The summed E-state index contributed by atoms with van der Waals surface area (Å²) in [7, 11) is -3.90. The SMILES string of the molecule is N#Cc1ccccc1S(=O)(=O)N1CCOC(CNC(=O)[C@H](CC2CCCCC2)NC(=O)c2ccco2)C1. The molecule has 198 valence electrons. The maximum atomic E-state index is 13.2. The summed E-state index contributed by atoms with van der Waals surface area (Å²) in [4.78, 5) is 25.7. The van der Waals surface area contributed by atoms with Crippen LogP contribution < -0.4 is 10.6 Å². The van der Waals surface area contributed by atoms with Gasteiger partial charge >= 0.3 is 0 Å². The molecule has 1 saturated heterocycles. The topological polar surface area (TPSA) is 142 Å². The number of hydrogen-bond acceptors (Lipinski definition) is 7. The fourth-order valence-corrected chi connectivity index (χ4v) is 6.52. The van der Waals surface area contributed by atoms with Crippen molar-refractivity contribution in [3.8, 4) is 6.07 Å². The molecular formula is C26H32N4O6S. The second-order valence-corrected chi connectivity index (χ2v) is 11.4. The van der Waals surface area contributed by atoms with Crippen LogP contribution in [0, 0.1) is 17.2 Å².